The lowest BCUT2D eigenvalue weighted by atomic mass is 9.89. The molecule has 19 nitrogen and oxygen atoms in total. The van der Waals surface area contributed by atoms with E-state index < -0.39 is 84.7 Å². The third-order valence-electron chi connectivity index (χ3n) is 9.52. The first kappa shape index (κ1) is 57.9. The van der Waals surface area contributed by atoms with Gasteiger partial charge in [0.1, 0.15) is 30.2 Å². The number of carbonyl (C=O) groups excluding carboxylic acids is 8. The number of hydrogen-bond acceptors (Lipinski definition) is 15. The Hall–Kier alpha value is -4.16. The summed E-state index contributed by atoms with van der Waals surface area (Å²) in [7, 11) is -0.748. The van der Waals surface area contributed by atoms with Gasteiger partial charge in [0.15, 0.2) is 12.2 Å². The Kier molecular flexibility index (Phi) is 29.4. The summed E-state index contributed by atoms with van der Waals surface area (Å²) in [6.45, 7) is 7.61. The molecule has 0 bridgehead atoms. The van der Waals surface area contributed by atoms with Gasteiger partial charge in [-0.15, -0.1) is 11.8 Å². The predicted octanol–water partition coefficient (Wildman–Crippen LogP) is 1.93. The van der Waals surface area contributed by atoms with E-state index in [1.54, 1.807) is 5.32 Å². The Labute approximate surface area is 377 Å². The molecule has 0 saturated carbocycles. The highest BCUT2D eigenvalue weighted by atomic mass is 32.2. The van der Waals surface area contributed by atoms with Crippen LogP contribution in [0.4, 0.5) is 13.2 Å². The van der Waals surface area contributed by atoms with E-state index in [4.69, 9.17) is 18.9 Å². The number of unbranched alkanes of at least 4 members (excludes halogenated alkanes) is 7. The SMILES string of the molecule is CB(O)NCCCCC(NC(=O)C(F)(F)F)C(=O)NCCCCCC(=O)NCCCCCC(=O)NCCCCCS[C@@H]1OC(COC(C)=O)[C@H](OC(C)=O)[C@H](OC(C)=O)C1NC(C)=O. The van der Waals surface area contributed by atoms with Gasteiger partial charge >= 0.3 is 37.0 Å². The molecule has 0 aromatic heterocycles. The van der Waals surface area contributed by atoms with Crippen molar-refractivity contribution in [2.75, 3.05) is 38.5 Å². The van der Waals surface area contributed by atoms with Crippen LogP contribution in [0, 0.1) is 0 Å². The van der Waals surface area contributed by atoms with Crippen molar-refractivity contribution < 1.29 is 75.5 Å². The highest BCUT2D eigenvalue weighted by Crippen LogP contribution is 2.33. The summed E-state index contributed by atoms with van der Waals surface area (Å²) in [4.78, 5) is 96.1. The first-order valence-electron chi connectivity index (χ1n) is 21.8. The van der Waals surface area contributed by atoms with E-state index in [0.717, 1.165) is 19.3 Å². The zero-order chi connectivity index (χ0) is 48.1. The Morgan fingerprint density at radius 3 is 1.75 bits per heavy atom. The standard InChI is InChI=1S/C40H68BF3N6O13S/c1-26(51)49-34-36(62-29(4)54)35(61-28(3)53)31(25-60-27(2)52)63-38(34)64-24-16-8-14-21-46-33(56)18-9-6-12-20-45-32(55)19-10-7-13-22-47-37(57)30(50-39(58)40(42,43)44)17-11-15-23-48-41(5)59/h30-31,34-36,38,48,59H,6-25H2,1-5H3,(H,45,55)(H,46,56)(H,47,57)(H,49,51)(H,50,58)/t30?,31?,34?,35-,36+,38-/m0/s1. The second kappa shape index (κ2) is 32.5. The molecule has 7 N–H and O–H groups in total. The van der Waals surface area contributed by atoms with Gasteiger partial charge in [0.25, 0.3) is 0 Å². The molecule has 0 spiro atoms. The highest BCUT2D eigenvalue weighted by molar-refractivity contribution is 7.99. The van der Waals surface area contributed by atoms with Gasteiger partial charge in [0.2, 0.25) is 23.6 Å². The minimum atomic E-state index is -5.13. The summed E-state index contributed by atoms with van der Waals surface area (Å²) in [6.07, 6.45) is -1.06. The van der Waals surface area contributed by atoms with Crippen LogP contribution in [0.5, 0.6) is 0 Å². The summed E-state index contributed by atoms with van der Waals surface area (Å²) >= 11 is 1.36. The van der Waals surface area contributed by atoms with E-state index >= 15 is 0 Å². The molecular weight excluding hydrogens is 872 g/mol. The van der Waals surface area contributed by atoms with Crippen LogP contribution in [0.25, 0.3) is 0 Å². The van der Waals surface area contributed by atoms with Crippen LogP contribution in [-0.4, -0.2) is 140 Å². The number of amides is 5. The van der Waals surface area contributed by atoms with Crippen LogP contribution in [-0.2, 0) is 57.3 Å². The number of halogens is 3. The number of ether oxygens (including phenoxy) is 4. The van der Waals surface area contributed by atoms with Gasteiger partial charge in [-0.2, -0.15) is 13.2 Å². The molecule has 6 atom stereocenters. The van der Waals surface area contributed by atoms with Crippen molar-refractivity contribution in [3.05, 3.63) is 0 Å². The summed E-state index contributed by atoms with van der Waals surface area (Å²) in [5, 5.41) is 24.8. The van der Waals surface area contributed by atoms with Crippen molar-refractivity contribution in [3.63, 3.8) is 0 Å². The van der Waals surface area contributed by atoms with Gasteiger partial charge in [-0.3, -0.25) is 38.4 Å². The molecule has 1 heterocycles. The van der Waals surface area contributed by atoms with Gasteiger partial charge in [0, 0.05) is 60.2 Å². The molecule has 366 valence electrons. The second-order valence-corrected chi connectivity index (χ2v) is 16.6. The molecule has 64 heavy (non-hydrogen) atoms. The maximum Gasteiger partial charge on any atom is 0.471 e. The lowest BCUT2D eigenvalue weighted by Gasteiger charge is -2.45. The maximum atomic E-state index is 12.8. The number of alkyl halides is 3. The van der Waals surface area contributed by atoms with Crippen LogP contribution in [0.1, 0.15) is 118 Å². The Morgan fingerprint density at radius 2 is 1.23 bits per heavy atom. The van der Waals surface area contributed by atoms with Crippen molar-refractivity contribution in [1.82, 2.24) is 31.8 Å². The van der Waals surface area contributed by atoms with Crippen LogP contribution in [0.3, 0.4) is 0 Å². The Balaban J connectivity index is 2.29. The molecule has 0 aliphatic carbocycles. The van der Waals surface area contributed by atoms with Crippen molar-refractivity contribution in [1.29, 1.82) is 0 Å². The molecule has 24 heteroatoms. The van der Waals surface area contributed by atoms with E-state index in [-0.39, 0.29) is 37.8 Å². The zero-order valence-electron chi connectivity index (χ0n) is 37.6. The number of thioether (sulfide) groups is 1. The third-order valence-corrected chi connectivity index (χ3v) is 10.8. The van der Waals surface area contributed by atoms with E-state index in [0.29, 0.717) is 83.2 Å². The average Bonchev–Trinajstić information content (AvgIpc) is 3.19. The van der Waals surface area contributed by atoms with Gasteiger partial charge in [-0.1, -0.05) is 19.3 Å². The molecule has 0 aromatic rings. The van der Waals surface area contributed by atoms with E-state index in [2.05, 4.69) is 26.5 Å². The molecular formula is C40H68BF3N6O13S. The van der Waals surface area contributed by atoms with E-state index in [1.165, 1.54) is 46.3 Å². The minimum absolute atomic E-state index is 0.00783. The Morgan fingerprint density at radius 1 is 0.703 bits per heavy atom. The monoisotopic (exact) mass is 940 g/mol. The first-order chi connectivity index (χ1) is 30.2. The molecule has 1 saturated heterocycles. The molecule has 1 fully saturated rings. The largest absolute Gasteiger partial charge is 0.471 e. The predicted molar refractivity (Wildman–Crippen MR) is 230 cm³/mol. The lowest BCUT2D eigenvalue weighted by Crippen LogP contribution is -2.65. The van der Waals surface area contributed by atoms with Crippen molar-refractivity contribution in [2.24, 2.45) is 0 Å². The van der Waals surface area contributed by atoms with Gasteiger partial charge in [0.05, 0.1) is 0 Å². The molecule has 1 aliphatic rings. The van der Waals surface area contributed by atoms with Crippen LogP contribution >= 0.6 is 11.8 Å². The molecule has 0 aromatic carbocycles. The lowest BCUT2D eigenvalue weighted by molar-refractivity contribution is -0.211. The molecule has 0 radical (unpaired) electrons. The summed E-state index contributed by atoms with van der Waals surface area (Å²) < 4.78 is 60.6. The fourth-order valence-corrected chi connectivity index (χ4v) is 7.73. The van der Waals surface area contributed by atoms with Crippen LogP contribution in [0.2, 0.25) is 6.82 Å². The van der Waals surface area contributed by atoms with Crippen molar-refractivity contribution >= 4 is 66.3 Å². The smallest absolute Gasteiger partial charge is 0.463 e. The zero-order valence-corrected chi connectivity index (χ0v) is 38.4. The van der Waals surface area contributed by atoms with Gasteiger partial charge in [-0.25, -0.2) is 0 Å². The number of esters is 3. The van der Waals surface area contributed by atoms with Crippen molar-refractivity contribution in [3.8, 4) is 0 Å². The molecule has 1 aliphatic heterocycles. The summed E-state index contributed by atoms with van der Waals surface area (Å²) in [6, 6.07) is -2.23. The fraction of sp³-hybridized carbons (Fsp3) is 0.800. The second-order valence-electron chi connectivity index (χ2n) is 15.4. The average molecular weight is 941 g/mol. The number of carbonyl (C=O) groups is 8. The highest BCUT2D eigenvalue weighted by Gasteiger charge is 2.51. The summed E-state index contributed by atoms with van der Waals surface area (Å²) in [5.74, 6) is -4.91. The van der Waals surface area contributed by atoms with E-state index in [9.17, 15) is 56.6 Å². The molecule has 3 unspecified atom stereocenters. The number of hydrogen-bond donors (Lipinski definition) is 7. The summed E-state index contributed by atoms with van der Waals surface area (Å²) in [5.41, 5.74) is -0.736. The number of nitrogens with one attached hydrogen (secondary N) is 6. The fourth-order valence-electron chi connectivity index (χ4n) is 6.47. The maximum absolute atomic E-state index is 12.8. The molecule has 5 amide bonds. The first-order valence-corrected chi connectivity index (χ1v) is 22.9. The molecule has 1 rings (SSSR count). The van der Waals surface area contributed by atoms with Gasteiger partial charge in [-0.05, 0) is 76.9 Å². The quantitative estimate of drug-likeness (QED) is 0.0220. The Bertz CT molecular complexity index is 1490. The number of rotatable bonds is 32. The minimum Gasteiger partial charge on any atom is -0.463 e. The van der Waals surface area contributed by atoms with Crippen LogP contribution in [0.15, 0.2) is 0 Å². The van der Waals surface area contributed by atoms with E-state index in [1.807, 2.05) is 0 Å². The topological polar surface area (TPSA) is 266 Å². The van der Waals surface area contributed by atoms with Gasteiger partial charge < -0.3 is 55.8 Å². The normalized spacial score (nSPS) is 18.7. The van der Waals surface area contributed by atoms with Crippen molar-refractivity contribution in [2.45, 2.75) is 166 Å². The van der Waals surface area contributed by atoms with Crippen LogP contribution < -0.4 is 31.8 Å². The third kappa shape index (κ3) is 27.2.